The summed E-state index contributed by atoms with van der Waals surface area (Å²) in [5.74, 6) is 0.769. The minimum atomic E-state index is -0.136. The number of hydrogen-bond donors (Lipinski definition) is 2. The first-order chi connectivity index (χ1) is 12.0. The van der Waals surface area contributed by atoms with Crippen molar-refractivity contribution in [1.82, 2.24) is 4.90 Å². The van der Waals surface area contributed by atoms with Gasteiger partial charge in [0, 0.05) is 17.9 Å². The van der Waals surface area contributed by atoms with Gasteiger partial charge in [-0.3, -0.25) is 9.89 Å². The van der Waals surface area contributed by atoms with Crippen LogP contribution in [0, 0.1) is 20.8 Å². The van der Waals surface area contributed by atoms with Crippen LogP contribution in [0.2, 0.25) is 0 Å². The molecule has 0 saturated heterocycles. The molecule has 2 aromatic rings. The third kappa shape index (κ3) is 3.99. The number of amides is 2. The Morgan fingerprint density at radius 3 is 2.64 bits per heavy atom. The van der Waals surface area contributed by atoms with Crippen LogP contribution in [-0.4, -0.2) is 36.4 Å². The van der Waals surface area contributed by atoms with Crippen LogP contribution in [0.5, 0.6) is 0 Å². The standard InChI is InChI=1S/C20H24N4O/c1-14-7-9-17(10-8-14)23-20(25)24-12-11-21-19(24)13-22-18-6-4-5-15(2)16(18)3/h4-10,22H,11-13H2,1-3H3,(H,23,25). The highest BCUT2D eigenvalue weighted by molar-refractivity contribution is 6.05. The molecule has 0 aromatic heterocycles. The van der Waals surface area contributed by atoms with Crippen LogP contribution in [0.25, 0.3) is 0 Å². The second-order valence-electron chi connectivity index (χ2n) is 6.35. The topological polar surface area (TPSA) is 56.7 Å². The van der Waals surface area contributed by atoms with E-state index in [2.05, 4.69) is 41.6 Å². The molecule has 5 nitrogen and oxygen atoms in total. The van der Waals surface area contributed by atoms with Crippen molar-refractivity contribution in [3.8, 4) is 0 Å². The van der Waals surface area contributed by atoms with E-state index in [1.807, 2.05) is 37.3 Å². The Balaban J connectivity index is 1.63. The Morgan fingerprint density at radius 2 is 1.88 bits per heavy atom. The third-order valence-corrected chi connectivity index (χ3v) is 4.52. The van der Waals surface area contributed by atoms with Crippen LogP contribution in [0.15, 0.2) is 47.5 Å². The zero-order chi connectivity index (χ0) is 17.8. The fourth-order valence-electron chi connectivity index (χ4n) is 2.81. The average molecular weight is 336 g/mol. The summed E-state index contributed by atoms with van der Waals surface area (Å²) in [7, 11) is 0. The second kappa shape index (κ2) is 7.38. The van der Waals surface area contributed by atoms with Crippen molar-refractivity contribution < 1.29 is 4.79 Å². The van der Waals surface area contributed by atoms with Crippen LogP contribution < -0.4 is 10.6 Å². The molecule has 0 saturated carbocycles. The molecule has 1 aliphatic rings. The maximum Gasteiger partial charge on any atom is 0.327 e. The molecule has 0 bridgehead atoms. The van der Waals surface area contributed by atoms with Gasteiger partial charge in [0.1, 0.15) is 5.84 Å². The zero-order valence-corrected chi connectivity index (χ0v) is 15.0. The highest BCUT2D eigenvalue weighted by Gasteiger charge is 2.23. The van der Waals surface area contributed by atoms with Crippen LogP contribution in [-0.2, 0) is 0 Å². The number of benzene rings is 2. The lowest BCUT2D eigenvalue weighted by Crippen LogP contribution is -2.40. The molecule has 0 unspecified atom stereocenters. The van der Waals surface area contributed by atoms with E-state index in [0.29, 0.717) is 19.6 Å². The molecular weight excluding hydrogens is 312 g/mol. The number of anilines is 2. The van der Waals surface area contributed by atoms with E-state index in [4.69, 9.17) is 0 Å². The number of nitrogens with one attached hydrogen (secondary N) is 2. The van der Waals surface area contributed by atoms with Crippen LogP contribution in [0.1, 0.15) is 16.7 Å². The Morgan fingerprint density at radius 1 is 1.12 bits per heavy atom. The van der Waals surface area contributed by atoms with Gasteiger partial charge in [-0.15, -0.1) is 0 Å². The quantitative estimate of drug-likeness (QED) is 0.887. The van der Waals surface area contributed by atoms with E-state index in [-0.39, 0.29) is 6.03 Å². The summed E-state index contributed by atoms with van der Waals surface area (Å²) in [5.41, 5.74) is 5.50. The van der Waals surface area contributed by atoms with Crippen molar-refractivity contribution in [3.63, 3.8) is 0 Å². The summed E-state index contributed by atoms with van der Waals surface area (Å²) in [4.78, 5) is 18.7. The first-order valence-electron chi connectivity index (χ1n) is 8.53. The van der Waals surface area contributed by atoms with Crippen molar-refractivity contribution in [1.29, 1.82) is 0 Å². The lowest BCUT2D eigenvalue weighted by atomic mass is 10.1. The molecule has 0 spiro atoms. The molecule has 2 aromatic carbocycles. The highest BCUT2D eigenvalue weighted by Crippen LogP contribution is 2.18. The maximum absolute atomic E-state index is 12.5. The van der Waals surface area contributed by atoms with Gasteiger partial charge in [0.25, 0.3) is 0 Å². The van der Waals surface area contributed by atoms with E-state index in [9.17, 15) is 4.79 Å². The minimum absolute atomic E-state index is 0.136. The van der Waals surface area contributed by atoms with Crippen LogP contribution >= 0.6 is 0 Å². The van der Waals surface area contributed by atoms with Gasteiger partial charge < -0.3 is 10.6 Å². The van der Waals surface area contributed by atoms with E-state index in [1.165, 1.54) is 16.7 Å². The van der Waals surface area contributed by atoms with Gasteiger partial charge in [0.2, 0.25) is 0 Å². The number of carbonyl (C=O) groups is 1. The number of urea groups is 1. The number of aryl methyl sites for hydroxylation is 2. The lowest BCUT2D eigenvalue weighted by Gasteiger charge is -2.20. The highest BCUT2D eigenvalue weighted by atomic mass is 16.2. The van der Waals surface area contributed by atoms with Crippen molar-refractivity contribution >= 4 is 23.2 Å². The fourth-order valence-corrected chi connectivity index (χ4v) is 2.81. The number of aliphatic imine (C=N–C) groups is 1. The smallest absolute Gasteiger partial charge is 0.327 e. The van der Waals surface area contributed by atoms with E-state index >= 15 is 0 Å². The number of rotatable bonds is 4. The number of amidine groups is 1. The Hall–Kier alpha value is -2.82. The predicted octanol–water partition coefficient (Wildman–Crippen LogP) is 3.97. The van der Waals surface area contributed by atoms with Gasteiger partial charge in [-0.1, -0.05) is 29.8 Å². The lowest BCUT2D eigenvalue weighted by molar-refractivity contribution is 0.236. The van der Waals surface area contributed by atoms with Gasteiger partial charge in [0.05, 0.1) is 13.1 Å². The molecule has 5 heteroatoms. The van der Waals surface area contributed by atoms with Gasteiger partial charge in [0.15, 0.2) is 0 Å². The Kier molecular flexibility index (Phi) is 5.03. The molecule has 1 aliphatic heterocycles. The molecular formula is C20H24N4O. The summed E-state index contributed by atoms with van der Waals surface area (Å²) < 4.78 is 0. The minimum Gasteiger partial charge on any atom is -0.378 e. The van der Waals surface area contributed by atoms with E-state index < -0.39 is 0 Å². The summed E-state index contributed by atoms with van der Waals surface area (Å²) >= 11 is 0. The van der Waals surface area contributed by atoms with Crippen molar-refractivity contribution in [2.24, 2.45) is 4.99 Å². The predicted molar refractivity (Wildman–Crippen MR) is 104 cm³/mol. The molecule has 1 heterocycles. The first kappa shape index (κ1) is 17.0. The first-order valence-corrected chi connectivity index (χ1v) is 8.53. The molecule has 0 aliphatic carbocycles. The van der Waals surface area contributed by atoms with Gasteiger partial charge >= 0.3 is 6.03 Å². The summed E-state index contributed by atoms with van der Waals surface area (Å²) in [5, 5.41) is 6.34. The van der Waals surface area contributed by atoms with Crippen molar-refractivity contribution in [2.45, 2.75) is 20.8 Å². The molecule has 3 rings (SSSR count). The van der Waals surface area contributed by atoms with E-state index in [0.717, 1.165) is 17.2 Å². The molecule has 0 fully saturated rings. The van der Waals surface area contributed by atoms with Gasteiger partial charge in [-0.05, 0) is 50.1 Å². The number of nitrogens with zero attached hydrogens (tertiary/aromatic N) is 2. The summed E-state index contributed by atoms with van der Waals surface area (Å²) in [6, 6.07) is 13.8. The van der Waals surface area contributed by atoms with Crippen molar-refractivity contribution in [2.75, 3.05) is 30.3 Å². The summed E-state index contributed by atoms with van der Waals surface area (Å²) in [6.45, 7) is 8.00. The Labute approximate surface area is 148 Å². The molecule has 0 atom stereocenters. The molecule has 0 radical (unpaired) electrons. The normalized spacial score (nSPS) is 13.6. The largest absolute Gasteiger partial charge is 0.378 e. The Bertz CT molecular complexity index is 796. The third-order valence-electron chi connectivity index (χ3n) is 4.52. The molecule has 130 valence electrons. The molecule has 2 amide bonds. The SMILES string of the molecule is Cc1ccc(NC(=O)N2CCN=C2CNc2cccc(C)c2C)cc1. The summed E-state index contributed by atoms with van der Waals surface area (Å²) in [6.07, 6.45) is 0. The number of carbonyl (C=O) groups excluding carboxylic acids is 1. The van der Waals surface area contributed by atoms with Gasteiger partial charge in [-0.25, -0.2) is 4.79 Å². The van der Waals surface area contributed by atoms with Crippen molar-refractivity contribution in [3.05, 3.63) is 59.2 Å². The van der Waals surface area contributed by atoms with Crippen LogP contribution in [0.3, 0.4) is 0 Å². The van der Waals surface area contributed by atoms with Crippen LogP contribution in [0.4, 0.5) is 16.2 Å². The second-order valence-corrected chi connectivity index (χ2v) is 6.35. The number of hydrogen-bond acceptors (Lipinski definition) is 3. The average Bonchev–Trinajstić information content (AvgIpc) is 3.07. The monoisotopic (exact) mass is 336 g/mol. The molecule has 2 N–H and O–H groups in total. The zero-order valence-electron chi connectivity index (χ0n) is 15.0. The van der Waals surface area contributed by atoms with Gasteiger partial charge in [-0.2, -0.15) is 0 Å². The molecule has 25 heavy (non-hydrogen) atoms. The maximum atomic E-state index is 12.5. The fraction of sp³-hybridized carbons (Fsp3) is 0.300. The van der Waals surface area contributed by atoms with E-state index in [1.54, 1.807) is 4.90 Å².